The SMILES string of the molecule is O=C(CS[C@@H]1CCS(=O)(=O)C1)N1CCN(Cc2ccc3c(c2)CCO3)CC1. The van der Waals surface area contributed by atoms with Gasteiger partial charge in [0.15, 0.2) is 9.84 Å². The normalized spacial score (nSPS) is 24.6. The van der Waals surface area contributed by atoms with Crippen molar-refractivity contribution in [3.8, 4) is 5.75 Å². The Morgan fingerprint density at radius 3 is 2.78 bits per heavy atom. The van der Waals surface area contributed by atoms with Gasteiger partial charge in [0.1, 0.15) is 5.75 Å². The van der Waals surface area contributed by atoms with Gasteiger partial charge in [0.25, 0.3) is 0 Å². The lowest BCUT2D eigenvalue weighted by Crippen LogP contribution is -2.48. The minimum atomic E-state index is -2.87. The molecule has 0 spiro atoms. The first kappa shape index (κ1) is 19.1. The van der Waals surface area contributed by atoms with Crippen molar-refractivity contribution in [2.75, 3.05) is 50.0 Å². The fraction of sp³-hybridized carbons (Fsp3) is 0.632. The number of carbonyl (C=O) groups excluding carboxylic acids is 1. The molecular weight excluding hydrogens is 384 g/mol. The van der Waals surface area contributed by atoms with Crippen LogP contribution in [0.1, 0.15) is 17.5 Å². The summed E-state index contributed by atoms with van der Waals surface area (Å²) in [5.74, 6) is 2.04. The fourth-order valence-corrected chi connectivity index (χ4v) is 7.47. The molecule has 6 nitrogen and oxygen atoms in total. The van der Waals surface area contributed by atoms with Crippen LogP contribution in [-0.2, 0) is 27.6 Å². The van der Waals surface area contributed by atoms with Crippen LogP contribution in [0.15, 0.2) is 18.2 Å². The van der Waals surface area contributed by atoms with Crippen molar-refractivity contribution in [3.05, 3.63) is 29.3 Å². The summed E-state index contributed by atoms with van der Waals surface area (Å²) in [7, 11) is -2.87. The number of carbonyl (C=O) groups is 1. The molecule has 27 heavy (non-hydrogen) atoms. The van der Waals surface area contributed by atoms with Gasteiger partial charge in [-0.15, -0.1) is 11.8 Å². The zero-order valence-electron chi connectivity index (χ0n) is 15.4. The van der Waals surface area contributed by atoms with E-state index in [0.717, 1.165) is 51.5 Å². The minimum Gasteiger partial charge on any atom is -0.493 e. The van der Waals surface area contributed by atoms with E-state index < -0.39 is 9.84 Å². The van der Waals surface area contributed by atoms with Crippen molar-refractivity contribution >= 4 is 27.5 Å². The Morgan fingerprint density at radius 1 is 1.22 bits per heavy atom. The lowest BCUT2D eigenvalue weighted by atomic mass is 10.1. The standard InChI is InChI=1S/C19H26N2O4S2/c22-19(13-26-17-4-10-27(23,24)14-17)21-7-5-20(6-8-21)12-15-1-2-18-16(11-15)3-9-25-18/h1-2,11,17H,3-10,12-14H2/t17-/m1/s1. The molecule has 8 heteroatoms. The number of benzene rings is 1. The molecule has 0 unspecified atom stereocenters. The molecule has 3 aliphatic rings. The number of hydrogen-bond donors (Lipinski definition) is 0. The molecular formula is C19H26N2O4S2. The number of piperazine rings is 1. The molecule has 4 rings (SSSR count). The van der Waals surface area contributed by atoms with E-state index in [-0.39, 0.29) is 22.7 Å². The van der Waals surface area contributed by atoms with Gasteiger partial charge in [0.2, 0.25) is 5.91 Å². The molecule has 0 N–H and O–H groups in total. The predicted molar refractivity (Wildman–Crippen MR) is 107 cm³/mol. The zero-order chi connectivity index (χ0) is 18.9. The number of sulfone groups is 1. The maximum Gasteiger partial charge on any atom is 0.232 e. The van der Waals surface area contributed by atoms with E-state index in [2.05, 4.69) is 23.1 Å². The Morgan fingerprint density at radius 2 is 2.04 bits per heavy atom. The second-order valence-corrected chi connectivity index (χ2v) is 11.1. The van der Waals surface area contributed by atoms with E-state index in [4.69, 9.17) is 4.74 Å². The first-order valence-electron chi connectivity index (χ1n) is 9.55. The van der Waals surface area contributed by atoms with Crippen LogP contribution in [0.3, 0.4) is 0 Å². The van der Waals surface area contributed by atoms with E-state index in [0.29, 0.717) is 12.2 Å². The summed E-state index contributed by atoms with van der Waals surface area (Å²) >= 11 is 1.51. The first-order chi connectivity index (χ1) is 13.0. The third-order valence-corrected chi connectivity index (χ3v) is 8.78. The number of rotatable bonds is 5. The molecule has 0 saturated carbocycles. The molecule has 3 heterocycles. The van der Waals surface area contributed by atoms with Crippen LogP contribution in [0.25, 0.3) is 0 Å². The van der Waals surface area contributed by atoms with Crippen molar-refractivity contribution in [2.45, 2.75) is 24.6 Å². The summed E-state index contributed by atoms with van der Waals surface area (Å²) in [5, 5.41) is 0.0871. The van der Waals surface area contributed by atoms with E-state index in [1.54, 1.807) is 0 Å². The molecule has 3 aliphatic heterocycles. The summed E-state index contributed by atoms with van der Waals surface area (Å²) in [6.45, 7) is 4.94. The van der Waals surface area contributed by atoms with E-state index >= 15 is 0 Å². The molecule has 1 aromatic rings. The van der Waals surface area contributed by atoms with Crippen LogP contribution in [0.2, 0.25) is 0 Å². The lowest BCUT2D eigenvalue weighted by molar-refractivity contribution is -0.130. The summed E-state index contributed by atoms with van der Waals surface area (Å²) < 4.78 is 28.6. The van der Waals surface area contributed by atoms with Crippen LogP contribution in [0.5, 0.6) is 5.75 Å². The van der Waals surface area contributed by atoms with Gasteiger partial charge in [-0.3, -0.25) is 9.69 Å². The molecule has 148 valence electrons. The Bertz CT molecular complexity index is 804. The number of amides is 1. The van der Waals surface area contributed by atoms with Gasteiger partial charge in [-0.25, -0.2) is 8.42 Å². The van der Waals surface area contributed by atoms with Gasteiger partial charge in [-0.1, -0.05) is 12.1 Å². The van der Waals surface area contributed by atoms with Gasteiger partial charge in [0.05, 0.1) is 23.9 Å². The summed E-state index contributed by atoms with van der Waals surface area (Å²) in [4.78, 5) is 16.7. The number of ether oxygens (including phenoxy) is 1. The number of fused-ring (bicyclic) bond motifs is 1. The summed E-state index contributed by atoms with van der Waals surface area (Å²) in [6.07, 6.45) is 1.67. The third-order valence-electron chi connectivity index (χ3n) is 5.52. The second kappa shape index (κ2) is 8.01. The summed E-state index contributed by atoms with van der Waals surface area (Å²) in [5.41, 5.74) is 2.60. The third kappa shape index (κ3) is 4.78. The quantitative estimate of drug-likeness (QED) is 0.726. The highest BCUT2D eigenvalue weighted by Gasteiger charge is 2.29. The maximum absolute atomic E-state index is 12.4. The smallest absolute Gasteiger partial charge is 0.232 e. The first-order valence-corrected chi connectivity index (χ1v) is 12.4. The topological polar surface area (TPSA) is 66.9 Å². The molecule has 1 atom stereocenters. The Hall–Kier alpha value is -1.25. The fourth-order valence-electron chi connectivity index (χ4n) is 3.92. The van der Waals surface area contributed by atoms with E-state index in [1.807, 2.05) is 4.90 Å². The Kier molecular flexibility index (Phi) is 5.66. The predicted octanol–water partition coefficient (Wildman–Crippen LogP) is 1.19. The lowest BCUT2D eigenvalue weighted by Gasteiger charge is -2.35. The molecule has 0 bridgehead atoms. The number of nitrogens with zero attached hydrogens (tertiary/aromatic N) is 2. The van der Waals surface area contributed by atoms with Crippen LogP contribution in [0, 0.1) is 0 Å². The van der Waals surface area contributed by atoms with Gasteiger partial charge in [-0.05, 0) is 23.6 Å². The largest absolute Gasteiger partial charge is 0.493 e. The van der Waals surface area contributed by atoms with Crippen molar-refractivity contribution in [1.82, 2.24) is 9.80 Å². The van der Waals surface area contributed by atoms with Crippen LogP contribution in [0.4, 0.5) is 0 Å². The molecule has 1 amide bonds. The molecule has 1 aromatic carbocycles. The molecule has 2 saturated heterocycles. The minimum absolute atomic E-state index is 0.0871. The average Bonchev–Trinajstić information content (AvgIpc) is 3.25. The summed E-state index contributed by atoms with van der Waals surface area (Å²) in [6, 6.07) is 6.44. The van der Waals surface area contributed by atoms with Gasteiger partial charge in [-0.2, -0.15) is 0 Å². The highest BCUT2D eigenvalue weighted by atomic mass is 32.2. The maximum atomic E-state index is 12.4. The van der Waals surface area contributed by atoms with Crippen LogP contribution < -0.4 is 4.74 Å². The molecule has 0 radical (unpaired) electrons. The van der Waals surface area contributed by atoms with Crippen molar-refractivity contribution in [2.24, 2.45) is 0 Å². The molecule has 2 fully saturated rings. The van der Waals surface area contributed by atoms with E-state index in [9.17, 15) is 13.2 Å². The van der Waals surface area contributed by atoms with E-state index in [1.165, 1.54) is 22.9 Å². The average molecular weight is 411 g/mol. The monoisotopic (exact) mass is 410 g/mol. The highest BCUT2D eigenvalue weighted by molar-refractivity contribution is 8.02. The van der Waals surface area contributed by atoms with Gasteiger partial charge < -0.3 is 9.64 Å². The zero-order valence-corrected chi connectivity index (χ0v) is 17.1. The van der Waals surface area contributed by atoms with Crippen LogP contribution >= 0.6 is 11.8 Å². The van der Waals surface area contributed by atoms with Gasteiger partial charge in [0, 0.05) is 44.4 Å². The second-order valence-electron chi connectivity index (χ2n) is 7.53. The van der Waals surface area contributed by atoms with Gasteiger partial charge >= 0.3 is 0 Å². The molecule has 0 aromatic heterocycles. The van der Waals surface area contributed by atoms with Crippen molar-refractivity contribution < 1.29 is 17.9 Å². The Balaban J connectivity index is 1.21. The molecule has 0 aliphatic carbocycles. The Labute approximate surface area is 165 Å². The number of hydrogen-bond acceptors (Lipinski definition) is 6. The van der Waals surface area contributed by atoms with Crippen LogP contribution in [-0.4, -0.2) is 79.4 Å². The van der Waals surface area contributed by atoms with Crippen molar-refractivity contribution in [1.29, 1.82) is 0 Å². The number of thioether (sulfide) groups is 1. The van der Waals surface area contributed by atoms with Crippen molar-refractivity contribution in [3.63, 3.8) is 0 Å². The highest BCUT2D eigenvalue weighted by Crippen LogP contribution is 2.27.